The van der Waals surface area contributed by atoms with Crippen LogP contribution in [0.1, 0.15) is 18.5 Å². The molecule has 0 radical (unpaired) electrons. The summed E-state index contributed by atoms with van der Waals surface area (Å²) in [5.74, 6) is 0. The number of anilines is 1. The van der Waals surface area contributed by atoms with E-state index in [0.29, 0.717) is 11.7 Å². The minimum absolute atomic E-state index is 0.421. The Morgan fingerprint density at radius 2 is 2.43 bits per heavy atom. The monoisotopic (exact) mass is 185 g/mol. The third-order valence-electron chi connectivity index (χ3n) is 2.24. The van der Waals surface area contributed by atoms with E-state index in [9.17, 15) is 0 Å². The van der Waals surface area contributed by atoms with E-state index in [2.05, 4.69) is 22.5 Å². The number of nitriles is 1. The summed E-state index contributed by atoms with van der Waals surface area (Å²) < 4.78 is 0. The van der Waals surface area contributed by atoms with E-state index in [-0.39, 0.29) is 0 Å². The first-order chi connectivity index (χ1) is 6.88. The Morgan fingerprint density at radius 3 is 3.00 bits per heavy atom. The van der Waals surface area contributed by atoms with Crippen molar-refractivity contribution in [3.05, 3.63) is 36.2 Å². The minimum atomic E-state index is 0.421. The minimum Gasteiger partial charge on any atom is -0.378 e. The highest BCUT2D eigenvalue weighted by Crippen LogP contribution is 2.15. The molecule has 14 heavy (non-hydrogen) atoms. The van der Waals surface area contributed by atoms with Crippen molar-refractivity contribution in [2.24, 2.45) is 0 Å². The van der Waals surface area contributed by atoms with Crippen molar-refractivity contribution in [1.82, 2.24) is 4.98 Å². The van der Waals surface area contributed by atoms with E-state index in [1.165, 1.54) is 0 Å². The van der Waals surface area contributed by atoms with Gasteiger partial charge in [0.1, 0.15) is 11.8 Å². The van der Waals surface area contributed by atoms with Gasteiger partial charge in [0, 0.05) is 6.04 Å². The number of allylic oxidation sites excluding steroid dienone is 1. The predicted molar refractivity (Wildman–Crippen MR) is 54.7 cm³/mol. The van der Waals surface area contributed by atoms with Gasteiger partial charge >= 0.3 is 0 Å². The normalized spacial score (nSPS) is 19.2. The van der Waals surface area contributed by atoms with Crippen LogP contribution in [0.2, 0.25) is 0 Å². The fourth-order valence-corrected chi connectivity index (χ4v) is 1.51. The number of aromatic nitrogens is 1. The van der Waals surface area contributed by atoms with Crippen LogP contribution >= 0.6 is 0 Å². The van der Waals surface area contributed by atoms with Crippen LogP contribution in [0.3, 0.4) is 0 Å². The highest BCUT2D eigenvalue weighted by molar-refractivity contribution is 5.44. The number of hydrogen-bond acceptors (Lipinski definition) is 3. The molecule has 3 heteroatoms. The van der Waals surface area contributed by atoms with Crippen molar-refractivity contribution in [3.63, 3.8) is 0 Å². The Bertz CT molecular complexity index is 373. The van der Waals surface area contributed by atoms with Crippen molar-refractivity contribution < 1.29 is 0 Å². The molecule has 3 nitrogen and oxygen atoms in total. The summed E-state index contributed by atoms with van der Waals surface area (Å²) in [4.78, 5) is 3.99. The molecule has 1 aliphatic rings. The lowest BCUT2D eigenvalue weighted by atomic mass is 10.2. The van der Waals surface area contributed by atoms with Gasteiger partial charge in [0.2, 0.25) is 0 Å². The van der Waals surface area contributed by atoms with Gasteiger partial charge in [-0.1, -0.05) is 12.2 Å². The fourth-order valence-electron chi connectivity index (χ4n) is 1.51. The van der Waals surface area contributed by atoms with Crippen molar-refractivity contribution in [2.45, 2.75) is 18.9 Å². The fraction of sp³-hybridized carbons (Fsp3) is 0.273. The summed E-state index contributed by atoms with van der Waals surface area (Å²) in [7, 11) is 0. The summed E-state index contributed by atoms with van der Waals surface area (Å²) >= 11 is 0. The molecule has 0 fully saturated rings. The second kappa shape index (κ2) is 3.93. The van der Waals surface area contributed by atoms with E-state index in [1.54, 1.807) is 12.3 Å². The van der Waals surface area contributed by atoms with Gasteiger partial charge in [-0.3, -0.25) is 0 Å². The van der Waals surface area contributed by atoms with Crippen LogP contribution in [0, 0.1) is 11.3 Å². The largest absolute Gasteiger partial charge is 0.378 e. The molecule has 2 rings (SSSR count). The van der Waals surface area contributed by atoms with Gasteiger partial charge < -0.3 is 5.32 Å². The quantitative estimate of drug-likeness (QED) is 0.717. The first kappa shape index (κ1) is 8.76. The van der Waals surface area contributed by atoms with Crippen LogP contribution in [0.5, 0.6) is 0 Å². The second-order valence-corrected chi connectivity index (χ2v) is 3.30. The highest BCUT2D eigenvalue weighted by atomic mass is 14.9. The summed E-state index contributed by atoms with van der Waals surface area (Å²) in [6.07, 6.45) is 8.32. The van der Waals surface area contributed by atoms with Gasteiger partial charge in [-0.15, -0.1) is 0 Å². The second-order valence-electron chi connectivity index (χ2n) is 3.30. The van der Waals surface area contributed by atoms with E-state index >= 15 is 0 Å². The molecular formula is C11H11N3. The van der Waals surface area contributed by atoms with Crippen LogP contribution in [0.15, 0.2) is 30.5 Å². The van der Waals surface area contributed by atoms with Gasteiger partial charge in [0.15, 0.2) is 0 Å². The molecular weight excluding hydrogens is 174 g/mol. The molecule has 0 aliphatic heterocycles. The maximum atomic E-state index is 8.57. The summed E-state index contributed by atoms with van der Waals surface area (Å²) in [5.41, 5.74) is 1.43. The third-order valence-corrected chi connectivity index (χ3v) is 2.24. The van der Waals surface area contributed by atoms with Crippen LogP contribution < -0.4 is 5.32 Å². The molecule has 1 aromatic rings. The average Bonchev–Trinajstić information content (AvgIpc) is 2.72. The lowest BCUT2D eigenvalue weighted by Crippen LogP contribution is -2.13. The number of nitrogens with one attached hydrogen (secondary N) is 1. The molecule has 0 saturated carbocycles. The van der Waals surface area contributed by atoms with E-state index in [4.69, 9.17) is 5.26 Å². The molecule has 1 aliphatic carbocycles. The van der Waals surface area contributed by atoms with Gasteiger partial charge in [-0.05, 0) is 25.0 Å². The number of hydrogen-bond donors (Lipinski definition) is 1. The molecule has 0 spiro atoms. The number of rotatable bonds is 2. The molecule has 0 saturated heterocycles. The third kappa shape index (κ3) is 1.91. The first-order valence-electron chi connectivity index (χ1n) is 4.68. The highest BCUT2D eigenvalue weighted by Gasteiger charge is 2.08. The standard InChI is InChI=1S/C11H11N3/c12-7-10-5-6-11(8-13-10)14-9-3-1-2-4-9/h1,3,5-6,8-9,14H,2,4H2. The van der Waals surface area contributed by atoms with E-state index < -0.39 is 0 Å². The summed E-state index contributed by atoms with van der Waals surface area (Å²) in [5, 5.41) is 11.9. The zero-order valence-corrected chi connectivity index (χ0v) is 7.77. The summed E-state index contributed by atoms with van der Waals surface area (Å²) in [6, 6.07) is 6.03. The Kier molecular flexibility index (Phi) is 2.46. The molecule has 1 atom stereocenters. The Balaban J connectivity index is 2.03. The molecule has 1 N–H and O–H groups in total. The smallest absolute Gasteiger partial charge is 0.140 e. The van der Waals surface area contributed by atoms with Gasteiger partial charge in [0.25, 0.3) is 0 Å². The molecule has 0 amide bonds. The van der Waals surface area contributed by atoms with Crippen LogP contribution in [0.4, 0.5) is 5.69 Å². The van der Waals surface area contributed by atoms with Crippen LogP contribution in [-0.2, 0) is 0 Å². The van der Waals surface area contributed by atoms with Gasteiger partial charge in [-0.2, -0.15) is 5.26 Å². The van der Waals surface area contributed by atoms with Crippen molar-refractivity contribution in [1.29, 1.82) is 5.26 Å². The number of nitrogens with zero attached hydrogens (tertiary/aromatic N) is 2. The lowest BCUT2D eigenvalue weighted by Gasteiger charge is -2.11. The first-order valence-corrected chi connectivity index (χ1v) is 4.68. The Hall–Kier alpha value is -1.82. The Labute approximate surface area is 83.1 Å². The average molecular weight is 185 g/mol. The van der Waals surface area contributed by atoms with E-state index in [1.807, 2.05) is 12.1 Å². The van der Waals surface area contributed by atoms with Gasteiger partial charge in [-0.25, -0.2) is 4.98 Å². The van der Waals surface area contributed by atoms with Crippen molar-refractivity contribution in [2.75, 3.05) is 5.32 Å². The van der Waals surface area contributed by atoms with Crippen LogP contribution in [-0.4, -0.2) is 11.0 Å². The van der Waals surface area contributed by atoms with Crippen molar-refractivity contribution >= 4 is 5.69 Å². The molecule has 0 bridgehead atoms. The maximum absolute atomic E-state index is 8.57. The van der Waals surface area contributed by atoms with Gasteiger partial charge in [0.05, 0.1) is 11.9 Å². The zero-order chi connectivity index (χ0) is 9.80. The molecule has 1 heterocycles. The number of pyridine rings is 1. The molecule has 1 aromatic heterocycles. The van der Waals surface area contributed by atoms with Crippen molar-refractivity contribution in [3.8, 4) is 6.07 Å². The zero-order valence-electron chi connectivity index (χ0n) is 7.77. The predicted octanol–water partition coefficient (Wildman–Crippen LogP) is 2.08. The topological polar surface area (TPSA) is 48.7 Å². The SMILES string of the molecule is N#Cc1ccc(NC2C=CCC2)cn1. The lowest BCUT2D eigenvalue weighted by molar-refractivity contribution is 0.825. The molecule has 70 valence electrons. The summed E-state index contributed by atoms with van der Waals surface area (Å²) in [6.45, 7) is 0. The maximum Gasteiger partial charge on any atom is 0.140 e. The molecule has 1 unspecified atom stereocenters. The van der Waals surface area contributed by atoms with E-state index in [0.717, 1.165) is 18.5 Å². The molecule has 0 aromatic carbocycles. The Morgan fingerprint density at radius 1 is 1.50 bits per heavy atom. The van der Waals surface area contributed by atoms with Crippen LogP contribution in [0.25, 0.3) is 0 Å².